The monoisotopic (exact) mass is 331 g/mol. The maximum atomic E-state index is 13.1. The van der Waals surface area contributed by atoms with Crippen molar-refractivity contribution in [2.45, 2.75) is 20.8 Å². The summed E-state index contributed by atoms with van der Waals surface area (Å²) < 4.78 is 15.2. The highest BCUT2D eigenvalue weighted by Crippen LogP contribution is 2.25. The number of nitriles is 1. The van der Waals surface area contributed by atoms with Crippen molar-refractivity contribution in [3.05, 3.63) is 82.6 Å². The molecule has 0 fully saturated rings. The lowest BCUT2D eigenvalue weighted by atomic mass is 10.0. The molecule has 3 nitrogen and oxygen atoms in total. The van der Waals surface area contributed by atoms with Crippen molar-refractivity contribution in [2.24, 2.45) is 0 Å². The van der Waals surface area contributed by atoms with Crippen LogP contribution in [0.5, 0.6) is 0 Å². The molecule has 0 amide bonds. The van der Waals surface area contributed by atoms with Crippen LogP contribution < -0.4 is 0 Å². The van der Waals surface area contributed by atoms with Crippen LogP contribution in [0.1, 0.15) is 28.1 Å². The van der Waals surface area contributed by atoms with Gasteiger partial charge in [-0.15, -0.1) is 0 Å². The maximum absolute atomic E-state index is 13.1. The van der Waals surface area contributed by atoms with Crippen molar-refractivity contribution >= 4 is 11.6 Å². The van der Waals surface area contributed by atoms with Crippen LogP contribution >= 0.6 is 0 Å². The van der Waals surface area contributed by atoms with E-state index in [1.54, 1.807) is 18.3 Å². The first-order valence-electron chi connectivity index (χ1n) is 7.99. The van der Waals surface area contributed by atoms with Gasteiger partial charge in [-0.3, -0.25) is 0 Å². The first-order chi connectivity index (χ1) is 12.0. The van der Waals surface area contributed by atoms with Crippen LogP contribution in [-0.2, 0) is 0 Å². The Hall–Kier alpha value is -3.19. The number of rotatable bonds is 3. The third-order valence-corrected chi connectivity index (χ3v) is 4.18. The van der Waals surface area contributed by atoms with Crippen molar-refractivity contribution in [3.8, 4) is 11.9 Å². The minimum atomic E-state index is -0.315. The van der Waals surface area contributed by atoms with Gasteiger partial charge in [-0.05, 0) is 73.9 Å². The van der Waals surface area contributed by atoms with Crippen LogP contribution in [0.4, 0.5) is 4.39 Å². The predicted octanol–water partition coefficient (Wildman–Crippen LogP) is 5.00. The van der Waals surface area contributed by atoms with Gasteiger partial charge in [0.1, 0.15) is 11.6 Å². The summed E-state index contributed by atoms with van der Waals surface area (Å²) in [6, 6.07) is 14.2. The molecule has 0 saturated heterocycles. The number of aromatic nitrogens is 2. The van der Waals surface area contributed by atoms with Crippen LogP contribution in [0, 0.1) is 37.9 Å². The molecule has 2 heterocycles. The Morgan fingerprint density at radius 3 is 2.48 bits per heavy atom. The molecular weight excluding hydrogens is 313 g/mol. The van der Waals surface area contributed by atoms with Crippen molar-refractivity contribution in [1.82, 2.24) is 9.55 Å². The van der Waals surface area contributed by atoms with E-state index in [2.05, 4.69) is 15.6 Å². The average molecular weight is 331 g/mol. The molecule has 0 unspecified atom stereocenters. The van der Waals surface area contributed by atoms with Gasteiger partial charge in [0.25, 0.3) is 0 Å². The van der Waals surface area contributed by atoms with E-state index >= 15 is 0 Å². The van der Waals surface area contributed by atoms with Gasteiger partial charge in [0, 0.05) is 17.6 Å². The van der Waals surface area contributed by atoms with Crippen LogP contribution in [0.3, 0.4) is 0 Å². The van der Waals surface area contributed by atoms with Gasteiger partial charge in [0.15, 0.2) is 0 Å². The fourth-order valence-electron chi connectivity index (χ4n) is 2.89. The number of allylic oxidation sites excluding steroid dienone is 1. The molecular formula is C21H18FN3. The standard InChI is InChI=1S/C21H18FN3/c1-14-8-9-24-21(10-14)25-15(2)11-18(16(25)3)12-19(13-23)17-4-6-20(22)7-5-17/h4-12H,1-3H3/b19-12+. The Kier molecular flexibility index (Phi) is 4.49. The molecule has 0 N–H and O–H groups in total. The molecule has 25 heavy (non-hydrogen) atoms. The second-order valence-corrected chi connectivity index (χ2v) is 6.03. The molecule has 0 aliphatic heterocycles. The molecule has 0 aliphatic rings. The minimum Gasteiger partial charge on any atom is -0.303 e. The van der Waals surface area contributed by atoms with Crippen molar-refractivity contribution in [1.29, 1.82) is 5.26 Å². The van der Waals surface area contributed by atoms with Crippen LogP contribution in [0.2, 0.25) is 0 Å². The van der Waals surface area contributed by atoms with E-state index in [-0.39, 0.29) is 5.82 Å². The molecule has 4 heteroatoms. The normalized spacial score (nSPS) is 11.4. The van der Waals surface area contributed by atoms with Gasteiger partial charge in [-0.2, -0.15) is 5.26 Å². The largest absolute Gasteiger partial charge is 0.303 e. The summed E-state index contributed by atoms with van der Waals surface area (Å²) in [6.45, 7) is 6.04. The van der Waals surface area contributed by atoms with E-state index in [9.17, 15) is 9.65 Å². The number of pyridine rings is 1. The Bertz CT molecular complexity index is 989. The molecule has 0 aliphatic carbocycles. The van der Waals surface area contributed by atoms with Crippen LogP contribution in [0.25, 0.3) is 17.5 Å². The zero-order valence-corrected chi connectivity index (χ0v) is 14.4. The topological polar surface area (TPSA) is 41.6 Å². The number of aryl methyl sites for hydroxylation is 2. The van der Waals surface area contributed by atoms with E-state index in [0.29, 0.717) is 11.1 Å². The summed E-state index contributed by atoms with van der Waals surface area (Å²) in [5.74, 6) is 0.541. The second-order valence-electron chi connectivity index (χ2n) is 6.03. The Labute approximate surface area is 146 Å². The zero-order chi connectivity index (χ0) is 18.0. The summed E-state index contributed by atoms with van der Waals surface area (Å²) in [6.07, 6.45) is 3.63. The van der Waals surface area contributed by atoms with E-state index in [1.807, 2.05) is 45.0 Å². The summed E-state index contributed by atoms with van der Waals surface area (Å²) in [5, 5.41) is 9.50. The van der Waals surface area contributed by atoms with Crippen molar-refractivity contribution < 1.29 is 4.39 Å². The van der Waals surface area contributed by atoms with E-state index in [0.717, 1.165) is 28.3 Å². The van der Waals surface area contributed by atoms with Crippen LogP contribution in [-0.4, -0.2) is 9.55 Å². The highest BCUT2D eigenvalue weighted by Gasteiger charge is 2.12. The predicted molar refractivity (Wildman–Crippen MR) is 97.7 cm³/mol. The summed E-state index contributed by atoms with van der Waals surface area (Å²) in [5.41, 5.74) is 5.32. The Morgan fingerprint density at radius 1 is 1.12 bits per heavy atom. The fraction of sp³-hybridized carbons (Fsp3) is 0.143. The van der Waals surface area contributed by atoms with Gasteiger partial charge < -0.3 is 4.57 Å². The molecule has 0 saturated carbocycles. The SMILES string of the molecule is Cc1ccnc(-n2c(C)cc(/C=C(\C#N)c3ccc(F)cc3)c2C)c1. The van der Waals surface area contributed by atoms with Crippen LogP contribution in [0.15, 0.2) is 48.7 Å². The van der Waals surface area contributed by atoms with Gasteiger partial charge in [-0.25, -0.2) is 9.37 Å². The van der Waals surface area contributed by atoms with Gasteiger partial charge in [0.05, 0.1) is 11.6 Å². The molecule has 0 bridgehead atoms. The summed E-state index contributed by atoms with van der Waals surface area (Å²) in [4.78, 5) is 4.45. The lowest BCUT2D eigenvalue weighted by Gasteiger charge is -2.09. The van der Waals surface area contributed by atoms with Gasteiger partial charge in [0.2, 0.25) is 0 Å². The number of nitrogens with zero attached hydrogens (tertiary/aromatic N) is 3. The average Bonchev–Trinajstić information content (AvgIpc) is 2.87. The third kappa shape index (κ3) is 3.36. The van der Waals surface area contributed by atoms with E-state index in [4.69, 9.17) is 0 Å². The summed E-state index contributed by atoms with van der Waals surface area (Å²) in [7, 11) is 0. The minimum absolute atomic E-state index is 0.315. The molecule has 0 radical (unpaired) electrons. The summed E-state index contributed by atoms with van der Waals surface area (Å²) >= 11 is 0. The number of benzene rings is 1. The number of hydrogen-bond donors (Lipinski definition) is 0. The lowest BCUT2D eigenvalue weighted by molar-refractivity contribution is 0.627. The van der Waals surface area contributed by atoms with E-state index < -0.39 is 0 Å². The third-order valence-electron chi connectivity index (χ3n) is 4.18. The molecule has 3 rings (SSSR count). The Morgan fingerprint density at radius 2 is 1.84 bits per heavy atom. The highest BCUT2D eigenvalue weighted by atomic mass is 19.1. The first-order valence-corrected chi connectivity index (χ1v) is 7.99. The number of hydrogen-bond acceptors (Lipinski definition) is 2. The highest BCUT2D eigenvalue weighted by molar-refractivity contribution is 5.90. The maximum Gasteiger partial charge on any atom is 0.137 e. The Balaban J connectivity index is 2.08. The van der Waals surface area contributed by atoms with E-state index in [1.165, 1.54) is 12.1 Å². The quantitative estimate of drug-likeness (QED) is 0.634. The first kappa shape index (κ1) is 16.7. The fourth-order valence-corrected chi connectivity index (χ4v) is 2.89. The molecule has 0 spiro atoms. The van der Waals surface area contributed by atoms with Gasteiger partial charge >= 0.3 is 0 Å². The lowest BCUT2D eigenvalue weighted by Crippen LogP contribution is -2.01. The van der Waals surface area contributed by atoms with Gasteiger partial charge in [-0.1, -0.05) is 12.1 Å². The van der Waals surface area contributed by atoms with Crippen molar-refractivity contribution in [3.63, 3.8) is 0 Å². The molecule has 124 valence electrons. The molecule has 0 atom stereocenters. The molecule has 2 aromatic heterocycles. The molecule has 1 aromatic carbocycles. The number of halogens is 1. The van der Waals surface area contributed by atoms with Crippen molar-refractivity contribution in [2.75, 3.05) is 0 Å². The zero-order valence-electron chi connectivity index (χ0n) is 14.4. The smallest absolute Gasteiger partial charge is 0.137 e. The molecule has 3 aromatic rings. The second kappa shape index (κ2) is 6.74.